The summed E-state index contributed by atoms with van der Waals surface area (Å²) in [5.74, 6) is -0.535. The van der Waals surface area contributed by atoms with Crippen LogP contribution in [0.1, 0.15) is 28.5 Å². The molecule has 0 unspecified atom stereocenters. The van der Waals surface area contributed by atoms with Crippen molar-refractivity contribution in [2.24, 2.45) is 5.14 Å². The number of hydrogen-bond donors (Lipinski definition) is 2. The van der Waals surface area contributed by atoms with Gasteiger partial charge in [0.2, 0.25) is 11.0 Å². The van der Waals surface area contributed by atoms with E-state index < -0.39 is 5.97 Å². The van der Waals surface area contributed by atoms with Crippen LogP contribution in [0.3, 0.4) is 0 Å². The van der Waals surface area contributed by atoms with Gasteiger partial charge in [-0.2, -0.15) is 9.78 Å². The second kappa shape index (κ2) is 11.0. The lowest BCUT2D eigenvalue weighted by Crippen LogP contribution is -2.05. The zero-order valence-corrected chi connectivity index (χ0v) is 21.6. The fourth-order valence-corrected chi connectivity index (χ4v) is 5.03. The predicted molar refractivity (Wildman–Crippen MR) is 147 cm³/mol. The molecule has 0 aliphatic heterocycles. The maximum absolute atomic E-state index is 12.2. The molecule has 0 spiro atoms. The molecule has 2 heterocycles. The topological polar surface area (TPSA) is 103 Å². The summed E-state index contributed by atoms with van der Waals surface area (Å²) < 4.78 is 6.45. The second-order valence-electron chi connectivity index (χ2n) is 8.18. The van der Waals surface area contributed by atoms with Crippen LogP contribution in [0.5, 0.6) is 5.88 Å². The first-order valence-corrected chi connectivity index (χ1v) is 13.4. The van der Waals surface area contributed by atoms with Gasteiger partial charge in [-0.25, -0.2) is 9.78 Å². The molecule has 3 aromatic carbocycles. The molecule has 0 amide bonds. The molecule has 5 rings (SSSR count). The summed E-state index contributed by atoms with van der Waals surface area (Å²) in [7, 11) is 0. The number of nitrogens with two attached hydrogens (primary N) is 1. The molecule has 0 atom stereocenters. The molecule has 0 bridgehead atoms. The van der Waals surface area contributed by atoms with Crippen molar-refractivity contribution in [1.82, 2.24) is 14.8 Å². The lowest BCUT2D eigenvalue weighted by molar-refractivity contribution is 0.0520. The normalized spacial score (nSPS) is 11.0. The van der Waals surface area contributed by atoms with Crippen molar-refractivity contribution in [3.05, 3.63) is 101 Å². The van der Waals surface area contributed by atoms with Crippen LogP contribution in [0, 0.1) is 0 Å². The van der Waals surface area contributed by atoms with Crippen LogP contribution in [-0.2, 0) is 11.2 Å². The first kappa shape index (κ1) is 24.8. The molecular weight excluding hydrogens is 504 g/mol. The van der Waals surface area contributed by atoms with Crippen molar-refractivity contribution in [2.75, 3.05) is 6.61 Å². The lowest BCUT2D eigenvalue weighted by atomic mass is 9.98. The fraction of sp³-hybridized carbons (Fsp3) is 0.107. The number of rotatable bonds is 8. The Kier molecular flexibility index (Phi) is 7.36. The van der Waals surface area contributed by atoms with Crippen molar-refractivity contribution in [1.29, 1.82) is 0 Å². The van der Waals surface area contributed by atoms with E-state index in [1.54, 1.807) is 12.3 Å². The Morgan fingerprint density at radius 1 is 1.03 bits per heavy atom. The fourth-order valence-electron chi connectivity index (χ4n) is 4.00. The molecule has 0 aliphatic carbocycles. The van der Waals surface area contributed by atoms with Gasteiger partial charge in [-0.15, -0.1) is 11.3 Å². The van der Waals surface area contributed by atoms with Crippen LogP contribution < -0.4 is 5.14 Å². The quantitative estimate of drug-likeness (QED) is 0.185. The van der Waals surface area contributed by atoms with Crippen molar-refractivity contribution in [3.63, 3.8) is 0 Å². The first-order chi connectivity index (χ1) is 18.1. The van der Waals surface area contributed by atoms with E-state index in [0.29, 0.717) is 22.8 Å². The van der Waals surface area contributed by atoms with Gasteiger partial charge >= 0.3 is 5.97 Å². The number of ether oxygens (including phenoxy) is 1. The van der Waals surface area contributed by atoms with E-state index in [-0.39, 0.29) is 18.2 Å². The monoisotopic (exact) mass is 528 g/mol. The van der Waals surface area contributed by atoms with Gasteiger partial charge in [0.15, 0.2) is 5.69 Å². The number of esters is 1. The third-order valence-electron chi connectivity index (χ3n) is 5.80. The lowest BCUT2D eigenvalue weighted by Gasteiger charge is -2.07. The van der Waals surface area contributed by atoms with Crippen LogP contribution in [-0.4, -0.2) is 32.4 Å². The minimum Gasteiger partial charge on any atom is -0.493 e. The van der Waals surface area contributed by atoms with Gasteiger partial charge in [-0.1, -0.05) is 60.7 Å². The summed E-state index contributed by atoms with van der Waals surface area (Å²) >= 11 is 2.40. The smallest absolute Gasteiger partial charge is 0.357 e. The Hall–Kier alpha value is -3.92. The van der Waals surface area contributed by atoms with E-state index in [1.165, 1.54) is 28.0 Å². The van der Waals surface area contributed by atoms with Gasteiger partial charge in [-0.3, -0.25) is 5.14 Å². The van der Waals surface area contributed by atoms with Gasteiger partial charge in [0.1, 0.15) is 5.69 Å². The molecule has 7 nitrogen and oxygen atoms in total. The summed E-state index contributed by atoms with van der Waals surface area (Å²) in [5.41, 5.74) is 5.47. The average molecular weight is 529 g/mol. The molecule has 186 valence electrons. The average Bonchev–Trinajstić information content (AvgIpc) is 3.55. The molecular formula is C28H24N4O3S2. The Morgan fingerprint density at radius 3 is 2.49 bits per heavy atom. The van der Waals surface area contributed by atoms with E-state index >= 15 is 0 Å². The maximum atomic E-state index is 12.2. The molecule has 0 radical (unpaired) electrons. The van der Waals surface area contributed by atoms with Gasteiger partial charge in [-0.05, 0) is 53.8 Å². The van der Waals surface area contributed by atoms with Crippen molar-refractivity contribution in [3.8, 4) is 33.4 Å². The Bertz CT molecular complexity index is 1530. The van der Waals surface area contributed by atoms with Crippen LogP contribution in [0.4, 0.5) is 0 Å². The van der Waals surface area contributed by atoms with Crippen LogP contribution in [0.2, 0.25) is 0 Å². The third-order valence-corrected chi connectivity index (χ3v) is 7.16. The summed E-state index contributed by atoms with van der Waals surface area (Å²) in [6.45, 7) is 2.00. The van der Waals surface area contributed by atoms with Gasteiger partial charge < -0.3 is 9.84 Å². The van der Waals surface area contributed by atoms with Crippen LogP contribution >= 0.6 is 23.3 Å². The zero-order chi connectivity index (χ0) is 25.8. The van der Waals surface area contributed by atoms with Gasteiger partial charge in [0.05, 0.1) is 6.61 Å². The highest BCUT2D eigenvalue weighted by atomic mass is 32.2. The summed E-state index contributed by atoms with van der Waals surface area (Å²) in [6, 6.07) is 26.0. The first-order valence-electron chi connectivity index (χ1n) is 11.6. The Labute approximate surface area is 222 Å². The Balaban J connectivity index is 1.60. The standard InChI is InChI=1S/C28H24N4O3S2/c1-2-35-27(34)24-17-36-28(30-24)32-26(33)23(15-18-11-13-22(37-29)14-12-18)25(31-32)21-10-6-9-20(16-21)19-7-4-3-5-8-19/h3-14,16-17,33H,2,15,29H2,1H3. The highest BCUT2D eigenvalue weighted by molar-refractivity contribution is 7.97. The van der Waals surface area contributed by atoms with Gasteiger partial charge in [0, 0.05) is 27.8 Å². The van der Waals surface area contributed by atoms with Crippen molar-refractivity contribution >= 4 is 29.3 Å². The number of benzene rings is 3. The molecule has 0 saturated carbocycles. The summed E-state index contributed by atoms with van der Waals surface area (Å²) in [4.78, 5) is 17.5. The van der Waals surface area contributed by atoms with E-state index in [9.17, 15) is 9.90 Å². The molecule has 5 aromatic rings. The summed E-state index contributed by atoms with van der Waals surface area (Å²) in [6.07, 6.45) is 0.447. The van der Waals surface area contributed by atoms with E-state index in [0.717, 1.165) is 27.1 Å². The SMILES string of the molecule is CCOC(=O)c1csc(-n2nc(-c3cccc(-c4ccccc4)c3)c(Cc3ccc(SN)cc3)c2O)n1. The molecule has 3 N–H and O–H groups in total. The number of thiazole rings is 1. The highest BCUT2D eigenvalue weighted by Gasteiger charge is 2.23. The molecule has 0 saturated heterocycles. The maximum Gasteiger partial charge on any atom is 0.357 e. The minimum atomic E-state index is -0.509. The Morgan fingerprint density at radius 2 is 1.76 bits per heavy atom. The van der Waals surface area contributed by atoms with Crippen molar-refractivity contribution < 1.29 is 14.6 Å². The van der Waals surface area contributed by atoms with Gasteiger partial charge in [0.25, 0.3) is 0 Å². The third kappa shape index (κ3) is 5.29. The minimum absolute atomic E-state index is 0.0258. The number of carbonyl (C=O) groups is 1. The number of aromatic nitrogens is 3. The molecule has 37 heavy (non-hydrogen) atoms. The largest absolute Gasteiger partial charge is 0.493 e. The number of nitrogens with zero attached hydrogens (tertiary/aromatic N) is 3. The predicted octanol–water partition coefficient (Wildman–Crippen LogP) is 6.10. The van der Waals surface area contributed by atoms with E-state index in [2.05, 4.69) is 23.2 Å². The molecule has 2 aromatic heterocycles. The van der Waals surface area contributed by atoms with E-state index in [4.69, 9.17) is 15.0 Å². The number of hydrogen-bond acceptors (Lipinski definition) is 8. The number of carbonyl (C=O) groups excluding carboxylic acids is 1. The number of aromatic hydroxyl groups is 1. The zero-order valence-electron chi connectivity index (χ0n) is 20.0. The molecule has 0 fully saturated rings. The van der Waals surface area contributed by atoms with E-state index in [1.807, 2.05) is 60.7 Å². The van der Waals surface area contributed by atoms with Crippen molar-refractivity contribution in [2.45, 2.75) is 18.2 Å². The summed E-state index contributed by atoms with van der Waals surface area (Å²) in [5, 5.41) is 23.8. The second-order valence-corrected chi connectivity index (χ2v) is 9.73. The highest BCUT2D eigenvalue weighted by Crippen LogP contribution is 2.36. The van der Waals surface area contributed by atoms with Crippen LogP contribution in [0.15, 0.2) is 89.1 Å². The van der Waals surface area contributed by atoms with Crippen LogP contribution in [0.25, 0.3) is 27.5 Å². The molecule has 9 heteroatoms. The molecule has 0 aliphatic rings.